The van der Waals surface area contributed by atoms with Gasteiger partial charge < -0.3 is 14.3 Å². The highest BCUT2D eigenvalue weighted by atomic mass is 16.3. The molecule has 0 bridgehead atoms. The maximum Gasteiger partial charge on any atom is 0.143 e. The van der Waals surface area contributed by atoms with E-state index in [2.05, 4.69) is 143 Å². The van der Waals surface area contributed by atoms with E-state index in [4.69, 9.17) is 9.41 Å². The molecule has 248 valence electrons. The van der Waals surface area contributed by atoms with Gasteiger partial charge in [0.25, 0.3) is 0 Å². The average Bonchev–Trinajstić information content (AvgIpc) is 3.76. The lowest BCUT2D eigenvalue weighted by atomic mass is 10.0. The number of hydrogen-bond acceptors (Lipinski definition) is 5. The largest absolute Gasteiger partial charge is 0.455 e. The van der Waals surface area contributed by atoms with Gasteiger partial charge in [0, 0.05) is 38.4 Å². The van der Waals surface area contributed by atoms with E-state index in [1.807, 2.05) is 30.3 Å². The number of benzene rings is 6. The van der Waals surface area contributed by atoms with E-state index >= 15 is 0 Å². The summed E-state index contributed by atoms with van der Waals surface area (Å²) in [6.07, 6.45) is 8.56. The molecule has 0 spiro atoms. The SMILES string of the molecule is N#Cc1ccc2c(c1)c1ccc(-c3cccc4c3oc3ccccc34)cc1n2-c1cccc(C2=NC(c3ccccc3)NC(C3=CCCC=C3)N2)c1. The number of aromatic nitrogens is 1. The zero-order chi connectivity index (χ0) is 34.6. The van der Waals surface area contributed by atoms with Gasteiger partial charge >= 0.3 is 0 Å². The molecule has 0 radical (unpaired) electrons. The lowest BCUT2D eigenvalue weighted by Gasteiger charge is -2.33. The van der Waals surface area contributed by atoms with Crippen molar-refractivity contribution in [1.82, 2.24) is 15.2 Å². The summed E-state index contributed by atoms with van der Waals surface area (Å²) in [5, 5.41) is 21.6. The number of hydrogen-bond donors (Lipinski definition) is 2. The van der Waals surface area contributed by atoms with Gasteiger partial charge in [-0.05, 0) is 72.0 Å². The zero-order valence-electron chi connectivity index (χ0n) is 28.3. The van der Waals surface area contributed by atoms with Gasteiger partial charge in [-0.1, -0.05) is 109 Å². The molecule has 6 nitrogen and oxygen atoms in total. The van der Waals surface area contributed by atoms with Crippen molar-refractivity contribution >= 4 is 49.6 Å². The first-order valence-corrected chi connectivity index (χ1v) is 17.7. The molecule has 0 amide bonds. The molecule has 2 aromatic heterocycles. The van der Waals surface area contributed by atoms with Crippen LogP contribution in [0, 0.1) is 11.3 Å². The summed E-state index contributed by atoms with van der Waals surface area (Å²) in [6.45, 7) is 0. The summed E-state index contributed by atoms with van der Waals surface area (Å²) in [4.78, 5) is 5.23. The third kappa shape index (κ3) is 5.02. The van der Waals surface area contributed by atoms with Gasteiger partial charge in [0.2, 0.25) is 0 Å². The number of nitriles is 1. The number of para-hydroxylation sites is 2. The normalized spacial score (nSPS) is 17.3. The summed E-state index contributed by atoms with van der Waals surface area (Å²) in [7, 11) is 0. The van der Waals surface area contributed by atoms with Gasteiger partial charge in [0.15, 0.2) is 0 Å². The second-order valence-corrected chi connectivity index (χ2v) is 13.5. The van der Waals surface area contributed by atoms with E-state index < -0.39 is 0 Å². The van der Waals surface area contributed by atoms with Gasteiger partial charge in [-0.2, -0.15) is 5.26 Å². The molecule has 1 aliphatic heterocycles. The van der Waals surface area contributed by atoms with Crippen LogP contribution in [0.15, 0.2) is 167 Å². The third-order valence-corrected chi connectivity index (χ3v) is 10.3. The highest BCUT2D eigenvalue weighted by Gasteiger charge is 2.27. The Morgan fingerprint density at radius 1 is 0.712 bits per heavy atom. The van der Waals surface area contributed by atoms with Crippen molar-refractivity contribution in [2.45, 2.75) is 25.2 Å². The van der Waals surface area contributed by atoms with Crippen LogP contribution in [-0.2, 0) is 0 Å². The number of rotatable bonds is 5. The van der Waals surface area contributed by atoms with E-state index in [0.717, 1.165) is 90.4 Å². The van der Waals surface area contributed by atoms with Crippen molar-refractivity contribution in [3.8, 4) is 22.9 Å². The molecule has 3 heterocycles. The zero-order valence-corrected chi connectivity index (χ0v) is 28.3. The number of nitrogens with zero attached hydrogens (tertiary/aromatic N) is 3. The molecule has 6 aromatic carbocycles. The lowest BCUT2D eigenvalue weighted by Crippen LogP contribution is -2.52. The molecule has 8 aromatic rings. The van der Waals surface area contributed by atoms with E-state index in [9.17, 15) is 5.26 Å². The molecule has 2 aliphatic rings. The van der Waals surface area contributed by atoms with Crippen LogP contribution >= 0.6 is 0 Å². The number of allylic oxidation sites excluding steroid dienone is 2. The van der Waals surface area contributed by atoms with E-state index in [1.165, 1.54) is 5.57 Å². The number of nitrogens with one attached hydrogen (secondary N) is 2. The summed E-state index contributed by atoms with van der Waals surface area (Å²) >= 11 is 0. The Morgan fingerprint density at radius 2 is 1.58 bits per heavy atom. The van der Waals surface area contributed by atoms with Crippen LogP contribution in [0.2, 0.25) is 0 Å². The van der Waals surface area contributed by atoms with Crippen molar-refractivity contribution in [3.05, 3.63) is 174 Å². The Kier molecular flexibility index (Phi) is 7.12. The summed E-state index contributed by atoms with van der Waals surface area (Å²) < 4.78 is 8.76. The van der Waals surface area contributed by atoms with Crippen molar-refractivity contribution in [3.63, 3.8) is 0 Å². The van der Waals surface area contributed by atoms with E-state index in [0.29, 0.717) is 5.56 Å². The van der Waals surface area contributed by atoms with Gasteiger partial charge in [0.05, 0.1) is 22.7 Å². The van der Waals surface area contributed by atoms with Crippen LogP contribution in [0.25, 0.3) is 60.6 Å². The average molecular weight is 672 g/mol. The van der Waals surface area contributed by atoms with Gasteiger partial charge in [0.1, 0.15) is 29.3 Å². The summed E-state index contributed by atoms with van der Waals surface area (Å²) in [5.74, 6) is 0.837. The van der Waals surface area contributed by atoms with Crippen LogP contribution in [0.1, 0.15) is 35.7 Å². The topological polar surface area (TPSA) is 78.3 Å². The smallest absolute Gasteiger partial charge is 0.143 e. The van der Waals surface area contributed by atoms with Crippen LogP contribution < -0.4 is 10.6 Å². The highest BCUT2D eigenvalue weighted by Crippen LogP contribution is 2.39. The summed E-state index contributed by atoms with van der Waals surface area (Å²) in [5.41, 5.74) is 10.9. The van der Waals surface area contributed by atoms with Crippen molar-refractivity contribution in [1.29, 1.82) is 5.26 Å². The minimum atomic E-state index is -0.205. The molecule has 2 atom stereocenters. The Bertz CT molecular complexity index is 2830. The first kappa shape index (κ1) is 30.2. The molecule has 2 N–H and O–H groups in total. The van der Waals surface area contributed by atoms with Crippen molar-refractivity contribution < 1.29 is 4.42 Å². The summed E-state index contributed by atoms with van der Waals surface area (Å²) in [6, 6.07) is 48.4. The van der Waals surface area contributed by atoms with Crippen LogP contribution in [0.4, 0.5) is 0 Å². The fraction of sp³-hybridized carbons (Fsp3) is 0.0870. The van der Waals surface area contributed by atoms with Crippen LogP contribution in [0.5, 0.6) is 0 Å². The predicted molar refractivity (Wildman–Crippen MR) is 210 cm³/mol. The predicted octanol–water partition coefficient (Wildman–Crippen LogP) is 10.5. The maximum absolute atomic E-state index is 9.85. The second kappa shape index (κ2) is 12.3. The molecular weight excluding hydrogens is 639 g/mol. The molecule has 6 heteroatoms. The highest BCUT2D eigenvalue weighted by molar-refractivity contribution is 6.13. The quantitative estimate of drug-likeness (QED) is 0.191. The van der Waals surface area contributed by atoms with Crippen LogP contribution in [-0.4, -0.2) is 16.6 Å². The molecule has 0 fully saturated rings. The number of furan rings is 1. The Balaban J connectivity index is 1.14. The van der Waals surface area contributed by atoms with Gasteiger partial charge in [-0.25, -0.2) is 4.99 Å². The fourth-order valence-corrected chi connectivity index (χ4v) is 7.83. The molecular formula is C46H33N5O. The van der Waals surface area contributed by atoms with Crippen molar-refractivity contribution in [2.24, 2.45) is 4.99 Å². The molecule has 0 saturated carbocycles. The monoisotopic (exact) mass is 671 g/mol. The Labute approximate surface area is 300 Å². The van der Waals surface area contributed by atoms with Gasteiger partial charge in [-0.3, -0.25) is 5.32 Å². The van der Waals surface area contributed by atoms with Crippen LogP contribution in [0.3, 0.4) is 0 Å². The first-order valence-electron chi connectivity index (χ1n) is 17.7. The Hall–Kier alpha value is -6.68. The van der Waals surface area contributed by atoms with Crippen molar-refractivity contribution in [2.75, 3.05) is 0 Å². The maximum atomic E-state index is 9.85. The standard InChI is InChI=1S/C46H33N5O/c47-28-29-21-24-40-39(25-29)36-23-22-32(35-18-10-19-38-37-17-7-8-20-42(37)52-43(35)38)27-41(36)51(40)34-16-9-15-33(26-34)46-49-44(30-11-3-1-4-12-30)48-45(50-46)31-13-5-2-6-14-31/h1,3-5,7-27,44-45,48H,2,6H2,(H,49,50). The molecule has 1 aliphatic carbocycles. The lowest BCUT2D eigenvalue weighted by molar-refractivity contribution is 0.440. The van der Waals surface area contributed by atoms with E-state index in [1.54, 1.807) is 0 Å². The number of fused-ring (bicyclic) bond motifs is 6. The molecule has 52 heavy (non-hydrogen) atoms. The number of amidine groups is 1. The fourth-order valence-electron chi connectivity index (χ4n) is 7.83. The number of aliphatic imine (C=N–C) groups is 1. The second-order valence-electron chi connectivity index (χ2n) is 13.5. The molecule has 2 unspecified atom stereocenters. The minimum absolute atomic E-state index is 0.0842. The minimum Gasteiger partial charge on any atom is -0.455 e. The molecule has 0 saturated heterocycles. The Morgan fingerprint density at radius 3 is 2.46 bits per heavy atom. The third-order valence-electron chi connectivity index (χ3n) is 10.3. The molecule has 10 rings (SSSR count). The van der Waals surface area contributed by atoms with E-state index in [-0.39, 0.29) is 12.3 Å². The van der Waals surface area contributed by atoms with Gasteiger partial charge in [-0.15, -0.1) is 0 Å². The first-order chi connectivity index (χ1) is 25.7.